The molecule has 1 unspecified atom stereocenters. The molecule has 2 heterocycles. The van der Waals surface area contributed by atoms with E-state index in [0.29, 0.717) is 24.8 Å². The first kappa shape index (κ1) is 15.9. The summed E-state index contributed by atoms with van der Waals surface area (Å²) < 4.78 is 1.52. The zero-order valence-electron chi connectivity index (χ0n) is 12.8. The normalized spacial score (nSPS) is 19.6. The maximum Gasteiger partial charge on any atom is 0.241 e. The summed E-state index contributed by atoms with van der Waals surface area (Å²) in [5, 5.41) is 10.6. The predicted molar refractivity (Wildman–Crippen MR) is 80.4 cm³/mol. The minimum Gasteiger partial charge on any atom is -0.354 e. The van der Waals surface area contributed by atoms with E-state index in [9.17, 15) is 4.79 Å². The SMILES string of the molecule is CC1CCCCN1CCCNC(=O)Cn1cc(CN)nn1. The minimum absolute atomic E-state index is 0.0323. The standard InChI is InChI=1S/C14H26N6O/c1-12-5-2-3-7-19(12)8-4-6-16-14(21)11-20-10-13(9-15)17-18-20/h10,12H,2-9,11,15H2,1H3,(H,16,21). The van der Waals surface area contributed by atoms with Crippen LogP contribution in [0.3, 0.4) is 0 Å². The van der Waals surface area contributed by atoms with Gasteiger partial charge in [0.2, 0.25) is 5.91 Å². The first-order valence-corrected chi connectivity index (χ1v) is 7.79. The summed E-state index contributed by atoms with van der Waals surface area (Å²) in [4.78, 5) is 14.3. The Kier molecular flexibility index (Phi) is 6.13. The van der Waals surface area contributed by atoms with Gasteiger partial charge < -0.3 is 16.0 Å². The van der Waals surface area contributed by atoms with Crippen molar-refractivity contribution in [3.8, 4) is 0 Å². The Bertz CT molecular complexity index is 446. The molecule has 1 amide bonds. The molecule has 3 N–H and O–H groups in total. The largest absolute Gasteiger partial charge is 0.354 e. The highest BCUT2D eigenvalue weighted by Crippen LogP contribution is 2.15. The lowest BCUT2D eigenvalue weighted by Crippen LogP contribution is -2.39. The van der Waals surface area contributed by atoms with Crippen LogP contribution in [-0.2, 0) is 17.9 Å². The van der Waals surface area contributed by atoms with Gasteiger partial charge in [-0.3, -0.25) is 4.79 Å². The summed E-state index contributed by atoms with van der Waals surface area (Å²) in [6.07, 6.45) is 6.63. The molecule has 0 aromatic carbocycles. The monoisotopic (exact) mass is 294 g/mol. The fourth-order valence-electron chi connectivity index (χ4n) is 2.71. The third-order valence-corrected chi connectivity index (χ3v) is 3.99. The Hall–Kier alpha value is -1.47. The minimum atomic E-state index is -0.0323. The van der Waals surface area contributed by atoms with E-state index in [2.05, 4.69) is 27.5 Å². The summed E-state index contributed by atoms with van der Waals surface area (Å²) in [5.74, 6) is -0.0323. The Balaban J connectivity index is 1.60. The van der Waals surface area contributed by atoms with Crippen molar-refractivity contribution in [2.75, 3.05) is 19.6 Å². The number of nitrogens with zero attached hydrogens (tertiary/aromatic N) is 4. The Labute approximate surface area is 125 Å². The second-order valence-corrected chi connectivity index (χ2v) is 5.70. The molecule has 0 bridgehead atoms. The Morgan fingerprint density at radius 3 is 3.10 bits per heavy atom. The molecule has 21 heavy (non-hydrogen) atoms. The lowest BCUT2D eigenvalue weighted by Gasteiger charge is -2.33. The molecule has 118 valence electrons. The summed E-state index contributed by atoms with van der Waals surface area (Å²) in [7, 11) is 0. The molecule has 1 saturated heterocycles. The van der Waals surface area contributed by atoms with Gasteiger partial charge in [0.1, 0.15) is 6.54 Å². The van der Waals surface area contributed by atoms with Crippen molar-refractivity contribution in [2.45, 2.75) is 51.7 Å². The van der Waals surface area contributed by atoms with Crippen LogP contribution in [0.5, 0.6) is 0 Å². The topological polar surface area (TPSA) is 89.1 Å². The van der Waals surface area contributed by atoms with Gasteiger partial charge in [0.05, 0.1) is 11.9 Å². The van der Waals surface area contributed by atoms with Crippen LogP contribution in [0.15, 0.2) is 6.20 Å². The number of rotatable bonds is 7. The van der Waals surface area contributed by atoms with Gasteiger partial charge in [0, 0.05) is 25.7 Å². The van der Waals surface area contributed by atoms with Crippen molar-refractivity contribution in [3.05, 3.63) is 11.9 Å². The van der Waals surface area contributed by atoms with E-state index in [1.54, 1.807) is 6.20 Å². The third kappa shape index (κ3) is 5.09. The fraction of sp³-hybridized carbons (Fsp3) is 0.786. The smallest absolute Gasteiger partial charge is 0.241 e. The van der Waals surface area contributed by atoms with Crippen molar-refractivity contribution in [1.82, 2.24) is 25.2 Å². The number of carbonyl (C=O) groups excluding carboxylic acids is 1. The van der Waals surface area contributed by atoms with Crippen molar-refractivity contribution in [2.24, 2.45) is 5.73 Å². The highest BCUT2D eigenvalue weighted by Gasteiger charge is 2.17. The van der Waals surface area contributed by atoms with Gasteiger partial charge in [-0.1, -0.05) is 11.6 Å². The van der Waals surface area contributed by atoms with Crippen LogP contribution in [0.4, 0.5) is 0 Å². The van der Waals surface area contributed by atoms with Gasteiger partial charge in [-0.15, -0.1) is 5.10 Å². The van der Waals surface area contributed by atoms with Gasteiger partial charge in [-0.25, -0.2) is 4.68 Å². The van der Waals surface area contributed by atoms with Crippen LogP contribution in [0.2, 0.25) is 0 Å². The maximum absolute atomic E-state index is 11.8. The number of hydrogen-bond donors (Lipinski definition) is 2. The lowest BCUT2D eigenvalue weighted by molar-refractivity contribution is -0.121. The van der Waals surface area contributed by atoms with Gasteiger partial charge >= 0.3 is 0 Å². The Morgan fingerprint density at radius 2 is 2.38 bits per heavy atom. The molecule has 2 rings (SSSR count). The highest BCUT2D eigenvalue weighted by atomic mass is 16.2. The molecule has 1 aliphatic heterocycles. The number of likely N-dealkylation sites (tertiary alicyclic amines) is 1. The summed E-state index contributed by atoms with van der Waals surface area (Å²) in [6.45, 7) is 5.79. The molecule has 1 atom stereocenters. The number of amides is 1. The van der Waals surface area contributed by atoms with E-state index in [1.165, 1.54) is 30.5 Å². The van der Waals surface area contributed by atoms with Crippen molar-refractivity contribution < 1.29 is 4.79 Å². The molecule has 0 saturated carbocycles. The van der Waals surface area contributed by atoms with E-state index < -0.39 is 0 Å². The fourth-order valence-corrected chi connectivity index (χ4v) is 2.71. The van der Waals surface area contributed by atoms with Crippen LogP contribution in [0, 0.1) is 0 Å². The van der Waals surface area contributed by atoms with Gasteiger partial charge in [0.25, 0.3) is 0 Å². The zero-order valence-corrected chi connectivity index (χ0v) is 12.8. The van der Waals surface area contributed by atoms with Crippen molar-refractivity contribution >= 4 is 5.91 Å². The van der Waals surface area contributed by atoms with Crippen LogP contribution in [0.25, 0.3) is 0 Å². The molecule has 1 aliphatic rings. The number of hydrogen-bond acceptors (Lipinski definition) is 5. The summed E-state index contributed by atoms with van der Waals surface area (Å²) >= 11 is 0. The zero-order chi connectivity index (χ0) is 15.1. The Morgan fingerprint density at radius 1 is 1.52 bits per heavy atom. The molecular formula is C14H26N6O. The van der Waals surface area contributed by atoms with Crippen LogP contribution in [-0.4, -0.2) is 51.5 Å². The summed E-state index contributed by atoms with van der Waals surface area (Å²) in [6, 6.07) is 0.680. The molecule has 7 heteroatoms. The van der Waals surface area contributed by atoms with E-state index >= 15 is 0 Å². The first-order chi connectivity index (χ1) is 10.2. The quantitative estimate of drug-likeness (QED) is 0.697. The van der Waals surface area contributed by atoms with E-state index in [1.807, 2.05) is 0 Å². The molecule has 1 aromatic rings. The number of aromatic nitrogens is 3. The molecule has 7 nitrogen and oxygen atoms in total. The average Bonchev–Trinajstić information content (AvgIpc) is 2.93. The number of piperidine rings is 1. The molecule has 0 radical (unpaired) electrons. The van der Waals surface area contributed by atoms with Crippen molar-refractivity contribution in [3.63, 3.8) is 0 Å². The predicted octanol–water partition coefficient (Wildman–Crippen LogP) is 0.118. The van der Waals surface area contributed by atoms with E-state index in [-0.39, 0.29) is 12.5 Å². The molecular weight excluding hydrogens is 268 g/mol. The molecule has 0 spiro atoms. The van der Waals surface area contributed by atoms with Crippen LogP contribution < -0.4 is 11.1 Å². The number of carbonyl (C=O) groups is 1. The maximum atomic E-state index is 11.8. The highest BCUT2D eigenvalue weighted by molar-refractivity contribution is 5.75. The van der Waals surface area contributed by atoms with E-state index in [4.69, 9.17) is 5.73 Å². The second-order valence-electron chi connectivity index (χ2n) is 5.70. The molecule has 1 aromatic heterocycles. The van der Waals surface area contributed by atoms with Crippen molar-refractivity contribution in [1.29, 1.82) is 0 Å². The van der Waals surface area contributed by atoms with E-state index in [0.717, 1.165) is 13.0 Å². The summed E-state index contributed by atoms with van der Waals surface area (Å²) in [5.41, 5.74) is 6.15. The second kappa shape index (κ2) is 8.09. The van der Waals surface area contributed by atoms with Crippen LogP contribution >= 0.6 is 0 Å². The first-order valence-electron chi connectivity index (χ1n) is 7.79. The molecule has 0 aliphatic carbocycles. The number of nitrogens with one attached hydrogen (secondary N) is 1. The van der Waals surface area contributed by atoms with Gasteiger partial charge in [0.15, 0.2) is 0 Å². The third-order valence-electron chi connectivity index (χ3n) is 3.99. The lowest BCUT2D eigenvalue weighted by atomic mass is 10.0. The van der Waals surface area contributed by atoms with Crippen LogP contribution in [0.1, 0.15) is 38.3 Å². The van der Waals surface area contributed by atoms with Gasteiger partial charge in [-0.05, 0) is 32.7 Å². The number of nitrogens with two attached hydrogens (primary N) is 1. The van der Waals surface area contributed by atoms with Gasteiger partial charge in [-0.2, -0.15) is 0 Å². The average molecular weight is 294 g/mol. The molecule has 1 fully saturated rings.